The minimum absolute atomic E-state index is 0.151. The number of rotatable bonds is 4. The van der Waals surface area contributed by atoms with Gasteiger partial charge in [-0.2, -0.15) is 0 Å². The highest BCUT2D eigenvalue weighted by atomic mass is 16.6. The molecule has 0 bridgehead atoms. The van der Waals surface area contributed by atoms with Gasteiger partial charge in [0.1, 0.15) is 0 Å². The highest BCUT2D eigenvalue weighted by Crippen LogP contribution is 2.20. The van der Waals surface area contributed by atoms with Gasteiger partial charge < -0.3 is 5.11 Å². The number of nitro groups is 1. The molecule has 0 aliphatic heterocycles. The maximum absolute atomic E-state index is 10.7. The summed E-state index contributed by atoms with van der Waals surface area (Å²) in [6.07, 6.45) is 0.921. The van der Waals surface area contributed by atoms with Gasteiger partial charge in [-0.3, -0.25) is 10.1 Å². The molecule has 1 atom stereocenters. The van der Waals surface area contributed by atoms with E-state index in [2.05, 4.69) is 0 Å². The molecular formula is C11H15NO3. The van der Waals surface area contributed by atoms with E-state index in [9.17, 15) is 10.1 Å². The van der Waals surface area contributed by atoms with Crippen LogP contribution < -0.4 is 0 Å². The first-order chi connectivity index (χ1) is 7.00. The van der Waals surface area contributed by atoms with E-state index in [1.165, 1.54) is 0 Å². The van der Waals surface area contributed by atoms with E-state index in [-0.39, 0.29) is 16.7 Å². The normalized spacial score (nSPS) is 12.5. The molecule has 0 aliphatic rings. The Morgan fingerprint density at radius 3 is 2.73 bits per heavy atom. The number of aliphatic hydroxyl groups is 1. The van der Waals surface area contributed by atoms with E-state index in [4.69, 9.17) is 5.11 Å². The second-order valence-corrected chi connectivity index (χ2v) is 3.77. The molecule has 0 spiro atoms. The van der Waals surface area contributed by atoms with Crippen LogP contribution in [0.25, 0.3) is 0 Å². The molecule has 0 saturated carbocycles. The zero-order chi connectivity index (χ0) is 11.4. The Balaban J connectivity index is 2.83. The van der Waals surface area contributed by atoms with Crippen LogP contribution in [0.4, 0.5) is 5.69 Å². The van der Waals surface area contributed by atoms with Crippen LogP contribution in [-0.4, -0.2) is 16.1 Å². The molecule has 4 nitrogen and oxygen atoms in total. The Morgan fingerprint density at radius 2 is 2.20 bits per heavy atom. The topological polar surface area (TPSA) is 63.4 Å². The molecule has 0 radical (unpaired) electrons. The highest BCUT2D eigenvalue weighted by Gasteiger charge is 2.10. The van der Waals surface area contributed by atoms with Crippen molar-refractivity contribution in [2.45, 2.75) is 32.8 Å². The molecule has 82 valence electrons. The van der Waals surface area contributed by atoms with E-state index >= 15 is 0 Å². The van der Waals surface area contributed by atoms with Crippen molar-refractivity contribution in [1.82, 2.24) is 0 Å². The Bertz CT molecular complexity index is 361. The first kappa shape index (κ1) is 11.7. The summed E-state index contributed by atoms with van der Waals surface area (Å²) in [5.41, 5.74) is 1.71. The maximum Gasteiger partial charge on any atom is 0.272 e. The van der Waals surface area contributed by atoms with Gasteiger partial charge in [-0.25, -0.2) is 0 Å². The predicted octanol–water partition coefficient (Wildman–Crippen LogP) is 2.22. The lowest BCUT2D eigenvalue weighted by Gasteiger charge is -2.05. The first-order valence-corrected chi connectivity index (χ1v) is 4.92. The number of hydrogen-bond acceptors (Lipinski definition) is 3. The third-order valence-corrected chi connectivity index (χ3v) is 2.32. The quantitative estimate of drug-likeness (QED) is 0.610. The van der Waals surface area contributed by atoms with Gasteiger partial charge in [-0.15, -0.1) is 0 Å². The average molecular weight is 209 g/mol. The van der Waals surface area contributed by atoms with Crippen LogP contribution in [0.3, 0.4) is 0 Å². The Morgan fingerprint density at radius 1 is 1.53 bits per heavy atom. The van der Waals surface area contributed by atoms with Gasteiger partial charge in [0.15, 0.2) is 0 Å². The SMILES string of the molecule is Cc1ccc(CCC(C)O)cc1[N+](=O)[O-]. The molecule has 0 fully saturated rings. The maximum atomic E-state index is 10.7. The third kappa shape index (κ3) is 3.32. The van der Waals surface area contributed by atoms with Crippen LogP contribution in [0.1, 0.15) is 24.5 Å². The third-order valence-electron chi connectivity index (χ3n) is 2.32. The number of aryl methyl sites for hydroxylation is 2. The zero-order valence-corrected chi connectivity index (χ0v) is 8.93. The molecule has 15 heavy (non-hydrogen) atoms. The molecule has 4 heteroatoms. The molecule has 0 aliphatic carbocycles. The molecule has 0 amide bonds. The highest BCUT2D eigenvalue weighted by molar-refractivity contribution is 5.42. The largest absolute Gasteiger partial charge is 0.393 e. The molecule has 1 unspecified atom stereocenters. The summed E-state index contributed by atoms with van der Waals surface area (Å²) in [5, 5.41) is 19.8. The van der Waals surface area contributed by atoms with E-state index in [0.29, 0.717) is 18.4 Å². The van der Waals surface area contributed by atoms with Crippen LogP contribution >= 0.6 is 0 Å². The fourth-order valence-corrected chi connectivity index (χ4v) is 1.38. The summed E-state index contributed by atoms with van der Waals surface area (Å²) < 4.78 is 0. The standard InChI is InChI=1S/C11H15NO3/c1-8-3-5-10(6-4-9(2)13)7-11(8)12(14)15/h3,5,7,9,13H,4,6H2,1-2H3. The number of nitrogens with zero attached hydrogens (tertiary/aromatic N) is 1. The molecule has 1 rings (SSSR count). The number of aliphatic hydroxyl groups excluding tert-OH is 1. The molecule has 0 saturated heterocycles. The molecule has 1 N–H and O–H groups in total. The van der Waals surface area contributed by atoms with Gasteiger partial charge >= 0.3 is 0 Å². The van der Waals surface area contributed by atoms with Crippen LogP contribution in [-0.2, 0) is 6.42 Å². The van der Waals surface area contributed by atoms with Crippen molar-refractivity contribution < 1.29 is 10.0 Å². The van der Waals surface area contributed by atoms with Gasteiger partial charge in [0.25, 0.3) is 5.69 Å². The van der Waals surface area contributed by atoms with Crippen molar-refractivity contribution in [2.75, 3.05) is 0 Å². The van der Waals surface area contributed by atoms with Crippen molar-refractivity contribution in [3.63, 3.8) is 0 Å². The van der Waals surface area contributed by atoms with Gasteiger partial charge in [0.2, 0.25) is 0 Å². The summed E-state index contributed by atoms with van der Waals surface area (Å²) in [5.74, 6) is 0. The minimum Gasteiger partial charge on any atom is -0.393 e. The lowest BCUT2D eigenvalue weighted by atomic mass is 10.0. The Hall–Kier alpha value is -1.42. The van der Waals surface area contributed by atoms with Crippen molar-refractivity contribution in [3.8, 4) is 0 Å². The number of benzene rings is 1. The lowest BCUT2D eigenvalue weighted by molar-refractivity contribution is -0.385. The van der Waals surface area contributed by atoms with Crippen LogP contribution in [0.15, 0.2) is 18.2 Å². The lowest BCUT2D eigenvalue weighted by Crippen LogP contribution is -2.02. The summed E-state index contributed by atoms with van der Waals surface area (Å²) in [6.45, 7) is 3.43. The summed E-state index contributed by atoms with van der Waals surface area (Å²) in [4.78, 5) is 10.3. The molecule has 0 aromatic heterocycles. The predicted molar refractivity (Wildman–Crippen MR) is 57.8 cm³/mol. The van der Waals surface area contributed by atoms with Crippen LogP contribution in [0.5, 0.6) is 0 Å². The molecule has 0 heterocycles. The van der Waals surface area contributed by atoms with Gasteiger partial charge in [-0.05, 0) is 32.3 Å². The van der Waals surface area contributed by atoms with Crippen molar-refractivity contribution in [2.24, 2.45) is 0 Å². The number of nitro benzene ring substituents is 1. The number of hydrogen-bond donors (Lipinski definition) is 1. The zero-order valence-electron chi connectivity index (χ0n) is 8.93. The smallest absolute Gasteiger partial charge is 0.272 e. The van der Waals surface area contributed by atoms with E-state index in [1.807, 2.05) is 6.07 Å². The van der Waals surface area contributed by atoms with Crippen LogP contribution in [0, 0.1) is 17.0 Å². The Labute approximate surface area is 88.7 Å². The summed E-state index contributed by atoms with van der Waals surface area (Å²) in [7, 11) is 0. The van der Waals surface area contributed by atoms with E-state index < -0.39 is 0 Å². The summed E-state index contributed by atoms with van der Waals surface area (Å²) >= 11 is 0. The van der Waals surface area contributed by atoms with Crippen molar-refractivity contribution >= 4 is 5.69 Å². The second-order valence-electron chi connectivity index (χ2n) is 3.77. The van der Waals surface area contributed by atoms with Gasteiger partial charge in [0.05, 0.1) is 11.0 Å². The summed E-state index contributed by atoms with van der Waals surface area (Å²) in [6, 6.07) is 5.19. The fourth-order valence-electron chi connectivity index (χ4n) is 1.38. The van der Waals surface area contributed by atoms with Gasteiger partial charge in [0, 0.05) is 11.6 Å². The molecule has 1 aromatic carbocycles. The first-order valence-electron chi connectivity index (χ1n) is 4.92. The minimum atomic E-state index is -0.374. The average Bonchev–Trinajstić information content (AvgIpc) is 2.16. The molecular weight excluding hydrogens is 194 g/mol. The Kier molecular flexibility index (Phi) is 3.80. The van der Waals surface area contributed by atoms with E-state index in [1.54, 1.807) is 26.0 Å². The van der Waals surface area contributed by atoms with Crippen molar-refractivity contribution in [1.29, 1.82) is 0 Å². The fraction of sp³-hybridized carbons (Fsp3) is 0.455. The van der Waals surface area contributed by atoms with Crippen molar-refractivity contribution in [3.05, 3.63) is 39.4 Å². The monoisotopic (exact) mass is 209 g/mol. The van der Waals surface area contributed by atoms with Gasteiger partial charge in [-0.1, -0.05) is 12.1 Å². The van der Waals surface area contributed by atoms with E-state index in [0.717, 1.165) is 5.56 Å². The molecule has 1 aromatic rings. The van der Waals surface area contributed by atoms with Crippen LogP contribution in [0.2, 0.25) is 0 Å². The second kappa shape index (κ2) is 4.89.